The number of nitro groups is 2. The molecule has 1 aliphatic carbocycles. The van der Waals surface area contributed by atoms with Crippen molar-refractivity contribution in [2.24, 2.45) is 5.16 Å². The lowest BCUT2D eigenvalue weighted by atomic mass is 9.81. The van der Waals surface area contributed by atoms with Gasteiger partial charge in [0.15, 0.2) is 0 Å². The molecule has 0 bridgehead atoms. The van der Waals surface area contributed by atoms with Crippen LogP contribution in [0.25, 0.3) is 0 Å². The van der Waals surface area contributed by atoms with E-state index in [0.717, 1.165) is 18.9 Å². The molecule has 9 heteroatoms. The molecule has 0 N–H and O–H groups in total. The van der Waals surface area contributed by atoms with Crippen LogP contribution in [0.3, 0.4) is 0 Å². The second kappa shape index (κ2) is 8.38. The number of benzene rings is 2. The number of oxime groups is 1. The van der Waals surface area contributed by atoms with E-state index in [-0.39, 0.29) is 11.4 Å². The molecule has 2 aromatic rings. The number of hydrogen-bond acceptors (Lipinski definition) is 7. The first-order chi connectivity index (χ1) is 13.5. The van der Waals surface area contributed by atoms with Gasteiger partial charge in [-0.05, 0) is 37.5 Å². The van der Waals surface area contributed by atoms with Crippen molar-refractivity contribution in [1.82, 2.24) is 0 Å². The van der Waals surface area contributed by atoms with Crippen LogP contribution in [-0.2, 0) is 4.84 Å². The molecule has 0 spiro atoms. The Balaban J connectivity index is 1.90. The van der Waals surface area contributed by atoms with Crippen LogP contribution in [0, 0.1) is 20.2 Å². The van der Waals surface area contributed by atoms with Crippen molar-refractivity contribution < 1.29 is 19.5 Å². The molecule has 0 radical (unpaired) electrons. The van der Waals surface area contributed by atoms with E-state index in [9.17, 15) is 25.0 Å². The molecule has 144 valence electrons. The van der Waals surface area contributed by atoms with Gasteiger partial charge in [-0.3, -0.25) is 20.2 Å². The van der Waals surface area contributed by atoms with Gasteiger partial charge < -0.3 is 4.84 Å². The normalized spacial score (nSPS) is 17.9. The summed E-state index contributed by atoms with van der Waals surface area (Å²) in [7, 11) is 0. The number of hydrogen-bond donors (Lipinski definition) is 0. The van der Waals surface area contributed by atoms with Crippen LogP contribution in [0.1, 0.15) is 47.5 Å². The maximum atomic E-state index is 12.1. The second-order valence-corrected chi connectivity index (χ2v) is 6.38. The molecule has 0 saturated heterocycles. The van der Waals surface area contributed by atoms with E-state index in [4.69, 9.17) is 4.84 Å². The van der Waals surface area contributed by atoms with Crippen LogP contribution in [-0.4, -0.2) is 21.5 Å². The minimum atomic E-state index is -0.672. The molecule has 0 aliphatic heterocycles. The predicted molar refractivity (Wildman–Crippen MR) is 100 cm³/mol. The van der Waals surface area contributed by atoms with Crippen LogP contribution in [0.2, 0.25) is 0 Å². The average Bonchev–Trinajstić information content (AvgIpc) is 2.72. The fourth-order valence-corrected chi connectivity index (χ4v) is 3.27. The van der Waals surface area contributed by atoms with Crippen molar-refractivity contribution >= 4 is 23.1 Å². The van der Waals surface area contributed by atoms with E-state index in [1.165, 1.54) is 12.1 Å². The average molecular weight is 383 g/mol. The van der Waals surface area contributed by atoms with E-state index in [1.807, 2.05) is 0 Å². The van der Waals surface area contributed by atoms with Gasteiger partial charge >= 0.3 is 5.97 Å². The maximum Gasteiger partial charge on any atom is 0.365 e. The lowest BCUT2D eigenvalue weighted by molar-refractivity contribution is -0.394. The molecule has 3 rings (SSSR count). The topological polar surface area (TPSA) is 125 Å². The van der Waals surface area contributed by atoms with E-state index < -0.39 is 21.7 Å². The van der Waals surface area contributed by atoms with E-state index in [2.05, 4.69) is 5.16 Å². The van der Waals surface area contributed by atoms with Gasteiger partial charge in [-0.15, -0.1) is 0 Å². The summed E-state index contributed by atoms with van der Waals surface area (Å²) in [6, 6.07) is 12.0. The van der Waals surface area contributed by atoms with Gasteiger partial charge in [-0.1, -0.05) is 29.8 Å². The first-order valence-corrected chi connectivity index (χ1v) is 8.73. The van der Waals surface area contributed by atoms with Crippen LogP contribution in [0.5, 0.6) is 0 Å². The molecule has 1 aliphatic rings. The molecule has 9 nitrogen and oxygen atoms in total. The fraction of sp³-hybridized carbons (Fsp3) is 0.263. The van der Waals surface area contributed by atoms with Gasteiger partial charge in [-0.25, -0.2) is 4.79 Å². The molecular weight excluding hydrogens is 366 g/mol. The predicted octanol–water partition coefficient (Wildman–Crippen LogP) is 4.37. The fourth-order valence-electron chi connectivity index (χ4n) is 3.27. The smallest absolute Gasteiger partial charge is 0.313 e. The standard InChI is InChI=1S/C19H17N3O6/c23-19(13-6-2-1-3-7-13)28-20-17-9-5-4-8-15(17)16-11-10-14(21(24)25)12-18(16)22(26)27/h1-3,6-7,10-12,15H,4-5,8-9H2. The molecule has 0 heterocycles. The summed E-state index contributed by atoms with van der Waals surface area (Å²) < 4.78 is 0. The molecule has 1 atom stereocenters. The van der Waals surface area contributed by atoms with Crippen LogP contribution >= 0.6 is 0 Å². The van der Waals surface area contributed by atoms with E-state index >= 15 is 0 Å². The summed E-state index contributed by atoms with van der Waals surface area (Å²) in [4.78, 5) is 38.3. The highest BCUT2D eigenvalue weighted by Crippen LogP contribution is 2.37. The zero-order chi connectivity index (χ0) is 20.1. The van der Waals surface area contributed by atoms with E-state index in [1.54, 1.807) is 30.3 Å². The lowest BCUT2D eigenvalue weighted by Crippen LogP contribution is -2.20. The van der Waals surface area contributed by atoms with Crippen LogP contribution in [0.15, 0.2) is 53.7 Å². The largest absolute Gasteiger partial charge is 0.365 e. The second-order valence-electron chi connectivity index (χ2n) is 6.38. The molecule has 0 aromatic heterocycles. The lowest BCUT2D eigenvalue weighted by Gasteiger charge is -2.23. The minimum Gasteiger partial charge on any atom is -0.313 e. The third kappa shape index (κ3) is 4.20. The Morgan fingerprint density at radius 3 is 2.46 bits per heavy atom. The Kier molecular flexibility index (Phi) is 5.73. The number of non-ortho nitro benzene ring substituents is 1. The Bertz CT molecular complexity index is 942. The number of nitro benzene ring substituents is 2. The van der Waals surface area contributed by atoms with Crippen molar-refractivity contribution in [1.29, 1.82) is 0 Å². The summed E-state index contributed by atoms with van der Waals surface area (Å²) in [5, 5.41) is 26.4. The molecule has 1 fully saturated rings. The Hall–Kier alpha value is -3.62. The molecule has 1 saturated carbocycles. The summed E-state index contributed by atoms with van der Waals surface area (Å²) in [6.45, 7) is 0. The molecular formula is C19H17N3O6. The van der Waals surface area contributed by atoms with Crippen molar-refractivity contribution in [2.75, 3.05) is 0 Å². The third-order valence-corrected chi connectivity index (χ3v) is 4.63. The number of carbonyl (C=O) groups is 1. The molecule has 28 heavy (non-hydrogen) atoms. The summed E-state index contributed by atoms with van der Waals surface area (Å²) >= 11 is 0. The van der Waals surface area contributed by atoms with Crippen molar-refractivity contribution in [3.63, 3.8) is 0 Å². The number of rotatable bonds is 5. The first kappa shape index (κ1) is 19.2. The van der Waals surface area contributed by atoms with Crippen LogP contribution < -0.4 is 0 Å². The molecule has 0 amide bonds. The highest BCUT2D eigenvalue weighted by atomic mass is 16.7. The van der Waals surface area contributed by atoms with Gasteiger partial charge in [0, 0.05) is 17.5 Å². The van der Waals surface area contributed by atoms with Gasteiger partial charge in [0.05, 0.1) is 27.2 Å². The minimum absolute atomic E-state index is 0.330. The quantitative estimate of drug-likeness (QED) is 0.429. The monoisotopic (exact) mass is 383 g/mol. The summed E-state index contributed by atoms with van der Waals surface area (Å²) in [5.74, 6) is -1.05. The highest BCUT2D eigenvalue weighted by molar-refractivity contribution is 5.94. The van der Waals surface area contributed by atoms with Crippen molar-refractivity contribution in [3.05, 3.63) is 79.9 Å². The highest BCUT2D eigenvalue weighted by Gasteiger charge is 2.31. The van der Waals surface area contributed by atoms with Crippen molar-refractivity contribution in [2.45, 2.75) is 31.6 Å². The van der Waals surface area contributed by atoms with Gasteiger partial charge in [-0.2, -0.15) is 0 Å². The van der Waals surface area contributed by atoms with Gasteiger partial charge in [0.1, 0.15) is 0 Å². The van der Waals surface area contributed by atoms with Gasteiger partial charge in [0.2, 0.25) is 0 Å². The SMILES string of the molecule is O=C(ON=C1CCCCC1c1ccc([N+](=O)[O-])cc1[N+](=O)[O-])c1ccccc1. The van der Waals surface area contributed by atoms with Crippen LogP contribution in [0.4, 0.5) is 11.4 Å². The molecule has 2 aromatic carbocycles. The van der Waals surface area contributed by atoms with Crippen molar-refractivity contribution in [3.8, 4) is 0 Å². The maximum absolute atomic E-state index is 12.1. The summed E-state index contributed by atoms with van der Waals surface area (Å²) in [5.41, 5.74) is 0.529. The third-order valence-electron chi connectivity index (χ3n) is 4.63. The molecule has 1 unspecified atom stereocenters. The Labute approximate surface area is 159 Å². The Morgan fingerprint density at radius 2 is 1.79 bits per heavy atom. The zero-order valence-corrected chi connectivity index (χ0v) is 14.8. The number of carbonyl (C=O) groups excluding carboxylic acids is 1. The first-order valence-electron chi connectivity index (χ1n) is 8.73. The van der Waals surface area contributed by atoms with Gasteiger partial charge in [0.25, 0.3) is 11.4 Å². The Morgan fingerprint density at radius 1 is 1.04 bits per heavy atom. The zero-order valence-electron chi connectivity index (χ0n) is 14.8. The van der Waals surface area contributed by atoms with E-state index in [0.29, 0.717) is 29.7 Å². The number of nitrogens with zero attached hydrogens (tertiary/aromatic N) is 3. The summed E-state index contributed by atoms with van der Waals surface area (Å²) in [6.07, 6.45) is 2.75.